The maximum absolute atomic E-state index is 12.5. The number of ether oxygens (including phenoxy) is 1. The summed E-state index contributed by atoms with van der Waals surface area (Å²) in [6.07, 6.45) is 1.42. The molecule has 0 spiro atoms. The second-order valence-corrected chi connectivity index (χ2v) is 6.51. The van der Waals surface area contributed by atoms with E-state index in [1.807, 2.05) is 13.0 Å². The SMILES string of the molecule is COc1cc(/C=N\N)ccc1OS(=O)(=O)c1cc(C)ccc1C. The molecule has 0 saturated heterocycles. The first kappa shape index (κ1) is 16.8. The zero-order valence-electron chi connectivity index (χ0n) is 13.1. The highest BCUT2D eigenvalue weighted by molar-refractivity contribution is 7.87. The molecule has 7 heteroatoms. The Morgan fingerprint density at radius 1 is 1.09 bits per heavy atom. The minimum Gasteiger partial charge on any atom is -0.493 e. The molecule has 0 aliphatic heterocycles. The topological polar surface area (TPSA) is 91.0 Å². The van der Waals surface area contributed by atoms with Gasteiger partial charge in [-0.1, -0.05) is 12.1 Å². The van der Waals surface area contributed by atoms with Crippen LogP contribution in [0.25, 0.3) is 0 Å². The van der Waals surface area contributed by atoms with Crippen molar-refractivity contribution in [2.75, 3.05) is 7.11 Å². The Labute approximate surface area is 135 Å². The van der Waals surface area contributed by atoms with E-state index < -0.39 is 10.1 Å². The van der Waals surface area contributed by atoms with Crippen LogP contribution in [0.15, 0.2) is 46.4 Å². The number of hydrogen-bond donors (Lipinski definition) is 1. The van der Waals surface area contributed by atoms with Gasteiger partial charge in [0, 0.05) is 0 Å². The third-order valence-electron chi connectivity index (χ3n) is 3.22. The minimum atomic E-state index is -3.96. The van der Waals surface area contributed by atoms with E-state index in [0.29, 0.717) is 11.1 Å². The van der Waals surface area contributed by atoms with Crippen LogP contribution in [0.3, 0.4) is 0 Å². The minimum absolute atomic E-state index is 0.0996. The van der Waals surface area contributed by atoms with Crippen molar-refractivity contribution in [3.8, 4) is 11.5 Å². The average molecular weight is 334 g/mol. The Morgan fingerprint density at radius 3 is 2.48 bits per heavy atom. The van der Waals surface area contributed by atoms with Gasteiger partial charge < -0.3 is 14.8 Å². The van der Waals surface area contributed by atoms with E-state index in [1.54, 1.807) is 31.2 Å². The van der Waals surface area contributed by atoms with Gasteiger partial charge in [0.25, 0.3) is 0 Å². The Bertz CT molecular complexity index is 845. The van der Waals surface area contributed by atoms with Crippen LogP contribution in [0.4, 0.5) is 0 Å². The first-order valence-electron chi connectivity index (χ1n) is 6.80. The number of rotatable bonds is 5. The van der Waals surface area contributed by atoms with Crippen molar-refractivity contribution in [1.82, 2.24) is 0 Å². The molecule has 0 heterocycles. The Hall–Kier alpha value is -2.54. The van der Waals surface area contributed by atoms with Crippen molar-refractivity contribution in [2.24, 2.45) is 10.9 Å². The van der Waals surface area contributed by atoms with Gasteiger partial charge in [-0.25, -0.2) is 0 Å². The highest BCUT2D eigenvalue weighted by atomic mass is 32.2. The van der Waals surface area contributed by atoms with Crippen LogP contribution >= 0.6 is 0 Å². The molecule has 0 radical (unpaired) electrons. The van der Waals surface area contributed by atoms with Crippen LogP contribution in [0.1, 0.15) is 16.7 Å². The molecule has 0 aliphatic carbocycles. The highest BCUT2D eigenvalue weighted by Gasteiger charge is 2.21. The summed E-state index contributed by atoms with van der Waals surface area (Å²) in [7, 11) is -2.54. The molecule has 2 N–H and O–H groups in total. The average Bonchev–Trinajstić information content (AvgIpc) is 2.51. The van der Waals surface area contributed by atoms with Crippen LogP contribution in [0, 0.1) is 13.8 Å². The molecule has 122 valence electrons. The van der Waals surface area contributed by atoms with Crippen LogP contribution in [-0.2, 0) is 10.1 Å². The summed E-state index contributed by atoms with van der Waals surface area (Å²) in [5.41, 5.74) is 2.11. The van der Waals surface area contributed by atoms with Crippen LogP contribution in [0.2, 0.25) is 0 Å². The van der Waals surface area contributed by atoms with E-state index in [0.717, 1.165) is 5.56 Å². The van der Waals surface area contributed by atoms with Crippen molar-refractivity contribution >= 4 is 16.3 Å². The van der Waals surface area contributed by atoms with Gasteiger partial charge in [-0.2, -0.15) is 13.5 Å². The summed E-state index contributed by atoms with van der Waals surface area (Å²) in [5, 5.41) is 3.41. The summed E-state index contributed by atoms with van der Waals surface area (Å²) in [6, 6.07) is 9.88. The van der Waals surface area contributed by atoms with E-state index in [2.05, 4.69) is 5.10 Å². The number of hydrazone groups is 1. The van der Waals surface area contributed by atoms with E-state index in [1.165, 1.54) is 19.4 Å². The third kappa shape index (κ3) is 3.81. The van der Waals surface area contributed by atoms with E-state index in [-0.39, 0.29) is 16.4 Å². The molecular formula is C16H18N2O4S. The molecular weight excluding hydrogens is 316 g/mol. The van der Waals surface area contributed by atoms with Crippen LogP contribution < -0.4 is 14.8 Å². The molecule has 0 bridgehead atoms. The maximum atomic E-state index is 12.5. The Balaban J connectivity index is 2.43. The smallest absolute Gasteiger partial charge is 0.339 e. The molecule has 0 unspecified atom stereocenters. The number of aryl methyl sites for hydroxylation is 2. The lowest BCUT2D eigenvalue weighted by Gasteiger charge is -2.13. The molecule has 2 rings (SSSR count). The van der Waals surface area contributed by atoms with Gasteiger partial charge in [0.05, 0.1) is 13.3 Å². The summed E-state index contributed by atoms with van der Waals surface area (Å²) in [4.78, 5) is 0.132. The number of nitrogens with zero attached hydrogens (tertiary/aromatic N) is 1. The van der Waals surface area contributed by atoms with Gasteiger partial charge in [-0.05, 0) is 54.8 Å². The molecule has 0 fully saturated rings. The second kappa shape index (κ2) is 6.70. The lowest BCUT2D eigenvalue weighted by Crippen LogP contribution is -2.12. The summed E-state index contributed by atoms with van der Waals surface area (Å²) < 4.78 is 35.5. The monoisotopic (exact) mass is 334 g/mol. The van der Waals surface area contributed by atoms with Crippen LogP contribution in [-0.4, -0.2) is 21.7 Å². The highest BCUT2D eigenvalue weighted by Crippen LogP contribution is 2.31. The normalized spacial score (nSPS) is 11.6. The molecule has 0 aliphatic rings. The number of benzene rings is 2. The predicted molar refractivity (Wildman–Crippen MR) is 88.5 cm³/mol. The van der Waals surface area contributed by atoms with Gasteiger partial charge in [0.2, 0.25) is 0 Å². The first-order chi connectivity index (χ1) is 10.9. The molecule has 6 nitrogen and oxygen atoms in total. The standard InChI is InChI=1S/C16H18N2O4S/c1-11-4-5-12(2)16(8-11)23(19,20)22-14-7-6-13(10-18-17)9-15(14)21-3/h4-10H,17H2,1-3H3/b18-10-. The zero-order valence-corrected chi connectivity index (χ0v) is 13.9. The summed E-state index contributed by atoms with van der Waals surface area (Å²) in [6.45, 7) is 3.54. The second-order valence-electron chi connectivity index (χ2n) is 4.99. The van der Waals surface area contributed by atoms with Gasteiger partial charge in [0.15, 0.2) is 11.5 Å². The van der Waals surface area contributed by atoms with Crippen molar-refractivity contribution in [1.29, 1.82) is 0 Å². The molecule has 2 aromatic rings. The van der Waals surface area contributed by atoms with Crippen molar-refractivity contribution in [2.45, 2.75) is 18.7 Å². The number of hydrogen-bond acceptors (Lipinski definition) is 6. The first-order valence-corrected chi connectivity index (χ1v) is 8.21. The molecule has 0 atom stereocenters. The lowest BCUT2D eigenvalue weighted by atomic mass is 10.2. The molecule has 23 heavy (non-hydrogen) atoms. The fraction of sp³-hybridized carbons (Fsp3) is 0.188. The summed E-state index contributed by atoms with van der Waals surface area (Å²) >= 11 is 0. The van der Waals surface area contributed by atoms with Gasteiger partial charge in [0.1, 0.15) is 4.90 Å². The quantitative estimate of drug-likeness (QED) is 0.392. The lowest BCUT2D eigenvalue weighted by molar-refractivity contribution is 0.390. The maximum Gasteiger partial charge on any atom is 0.339 e. The largest absolute Gasteiger partial charge is 0.493 e. The van der Waals surface area contributed by atoms with Crippen molar-refractivity contribution in [3.05, 3.63) is 53.1 Å². The molecule has 0 amide bonds. The van der Waals surface area contributed by atoms with Gasteiger partial charge in [-0.15, -0.1) is 0 Å². The zero-order chi connectivity index (χ0) is 17.0. The molecule has 2 aromatic carbocycles. The van der Waals surface area contributed by atoms with E-state index in [4.69, 9.17) is 14.8 Å². The summed E-state index contributed by atoms with van der Waals surface area (Å²) in [5.74, 6) is 5.47. The van der Waals surface area contributed by atoms with Crippen molar-refractivity contribution < 1.29 is 17.3 Å². The van der Waals surface area contributed by atoms with E-state index in [9.17, 15) is 8.42 Å². The molecule has 0 saturated carbocycles. The molecule has 0 aromatic heterocycles. The van der Waals surface area contributed by atoms with E-state index >= 15 is 0 Å². The third-order valence-corrected chi connectivity index (χ3v) is 4.60. The predicted octanol–water partition coefficient (Wildman–Crippen LogP) is 2.37. The Kier molecular flexibility index (Phi) is 4.90. The van der Waals surface area contributed by atoms with Gasteiger partial charge >= 0.3 is 10.1 Å². The van der Waals surface area contributed by atoms with Crippen LogP contribution in [0.5, 0.6) is 11.5 Å². The Morgan fingerprint density at radius 2 is 1.83 bits per heavy atom. The fourth-order valence-corrected chi connectivity index (χ4v) is 3.32. The number of nitrogens with two attached hydrogens (primary N) is 1. The van der Waals surface area contributed by atoms with Gasteiger partial charge in [-0.3, -0.25) is 0 Å². The number of methoxy groups -OCH3 is 1. The fourth-order valence-electron chi connectivity index (χ4n) is 2.06. The van der Waals surface area contributed by atoms with Crippen molar-refractivity contribution in [3.63, 3.8) is 0 Å².